The Morgan fingerprint density at radius 2 is 2.13 bits per heavy atom. The van der Waals surface area contributed by atoms with Crippen LogP contribution in [-0.4, -0.2) is 34.2 Å². The van der Waals surface area contributed by atoms with E-state index in [9.17, 15) is 9.59 Å². The third kappa shape index (κ3) is 6.80. The zero-order chi connectivity index (χ0) is 11.8. The molecule has 0 aliphatic carbocycles. The number of rotatable bonds is 6. The molecule has 0 heterocycles. The standard InChI is InChI=1S/C9H16INO4/c1-3-6(2)15-5-7(4-12)8(13)11-9(10)14/h6-7,12H,3-5H2,1-2H3,(H,11,13,14). The molecule has 2 amide bonds. The number of aliphatic hydroxyl groups excluding tert-OH is 1. The van der Waals surface area contributed by atoms with Gasteiger partial charge in [-0.05, 0) is 13.3 Å². The van der Waals surface area contributed by atoms with Gasteiger partial charge in [0.15, 0.2) is 0 Å². The summed E-state index contributed by atoms with van der Waals surface area (Å²) >= 11 is 1.46. The van der Waals surface area contributed by atoms with Gasteiger partial charge in [0.05, 0.1) is 25.2 Å². The van der Waals surface area contributed by atoms with Gasteiger partial charge in [0, 0.05) is 22.6 Å². The normalized spacial score (nSPS) is 14.4. The molecule has 0 aliphatic heterocycles. The van der Waals surface area contributed by atoms with E-state index in [2.05, 4.69) is 5.32 Å². The fraction of sp³-hybridized carbons (Fsp3) is 0.778. The molecule has 6 heteroatoms. The van der Waals surface area contributed by atoms with Gasteiger partial charge >= 0.3 is 0 Å². The zero-order valence-electron chi connectivity index (χ0n) is 8.83. The topological polar surface area (TPSA) is 75.6 Å². The average Bonchev–Trinajstić information content (AvgIpc) is 2.17. The van der Waals surface area contributed by atoms with E-state index in [0.717, 1.165) is 6.42 Å². The van der Waals surface area contributed by atoms with Crippen LogP contribution >= 0.6 is 22.6 Å². The zero-order valence-corrected chi connectivity index (χ0v) is 11.0. The van der Waals surface area contributed by atoms with Crippen LogP contribution in [0.3, 0.4) is 0 Å². The Kier molecular flexibility index (Phi) is 7.89. The largest absolute Gasteiger partial charge is 0.395 e. The number of carbonyl (C=O) groups excluding carboxylic acids is 2. The SMILES string of the molecule is CCC(C)OCC(CO)C(=O)NC(=O)I. The Morgan fingerprint density at radius 3 is 2.53 bits per heavy atom. The average molecular weight is 329 g/mol. The smallest absolute Gasteiger partial charge is 0.287 e. The second-order valence-corrected chi connectivity index (χ2v) is 4.17. The Labute approximate surface area is 103 Å². The van der Waals surface area contributed by atoms with Gasteiger partial charge in [0.1, 0.15) is 0 Å². The van der Waals surface area contributed by atoms with Crippen molar-refractivity contribution >= 4 is 32.4 Å². The molecule has 0 fully saturated rings. The summed E-state index contributed by atoms with van der Waals surface area (Å²) in [5.74, 6) is -1.18. The second kappa shape index (κ2) is 8.00. The Hall–Kier alpha value is -0.210. The lowest BCUT2D eigenvalue weighted by Gasteiger charge is -2.16. The number of imide groups is 1. The molecule has 0 radical (unpaired) electrons. The fourth-order valence-corrected chi connectivity index (χ4v) is 1.07. The predicted molar refractivity (Wildman–Crippen MR) is 63.8 cm³/mol. The highest BCUT2D eigenvalue weighted by molar-refractivity contribution is 14.1. The van der Waals surface area contributed by atoms with Gasteiger partial charge in [0.2, 0.25) is 5.91 Å². The summed E-state index contributed by atoms with van der Waals surface area (Å²) in [6, 6.07) is 0. The minimum atomic E-state index is -0.683. The third-order valence-electron chi connectivity index (χ3n) is 1.97. The molecule has 0 spiro atoms. The molecule has 2 unspecified atom stereocenters. The lowest BCUT2D eigenvalue weighted by Crippen LogP contribution is -2.37. The predicted octanol–water partition coefficient (Wildman–Crippen LogP) is 1.08. The second-order valence-electron chi connectivity index (χ2n) is 3.19. The van der Waals surface area contributed by atoms with Crippen LogP contribution in [0.4, 0.5) is 4.79 Å². The van der Waals surface area contributed by atoms with Crippen LogP contribution in [0.2, 0.25) is 0 Å². The number of halogens is 1. The summed E-state index contributed by atoms with van der Waals surface area (Å²) in [6.45, 7) is 3.65. The highest BCUT2D eigenvalue weighted by Crippen LogP contribution is 2.03. The summed E-state index contributed by atoms with van der Waals surface area (Å²) in [6.07, 6.45) is 0.882. The molecule has 0 aliphatic rings. The molecule has 88 valence electrons. The van der Waals surface area contributed by atoms with E-state index in [0.29, 0.717) is 0 Å². The molecular formula is C9H16INO4. The van der Waals surface area contributed by atoms with Crippen LogP contribution in [0, 0.1) is 5.92 Å². The summed E-state index contributed by atoms with van der Waals surface area (Å²) in [4.78, 5) is 21.9. The molecule has 0 saturated carbocycles. The molecule has 2 N–H and O–H groups in total. The maximum Gasteiger partial charge on any atom is 0.287 e. The third-order valence-corrected chi connectivity index (χ3v) is 2.24. The lowest BCUT2D eigenvalue weighted by atomic mass is 10.1. The quantitative estimate of drug-likeness (QED) is 0.434. The Bertz CT molecular complexity index is 222. The van der Waals surface area contributed by atoms with Crippen molar-refractivity contribution in [3.8, 4) is 0 Å². The molecule has 15 heavy (non-hydrogen) atoms. The van der Waals surface area contributed by atoms with Crippen molar-refractivity contribution in [2.45, 2.75) is 26.4 Å². The van der Waals surface area contributed by atoms with Crippen LogP contribution in [0.1, 0.15) is 20.3 Å². The van der Waals surface area contributed by atoms with Crippen molar-refractivity contribution < 1.29 is 19.4 Å². The van der Waals surface area contributed by atoms with Gasteiger partial charge in [-0.15, -0.1) is 0 Å². The molecular weight excluding hydrogens is 313 g/mol. The Balaban J connectivity index is 4.01. The van der Waals surface area contributed by atoms with E-state index in [4.69, 9.17) is 9.84 Å². The maximum absolute atomic E-state index is 11.3. The van der Waals surface area contributed by atoms with E-state index in [1.54, 1.807) is 0 Å². The first kappa shape index (κ1) is 14.8. The van der Waals surface area contributed by atoms with E-state index in [1.807, 2.05) is 13.8 Å². The highest BCUT2D eigenvalue weighted by Gasteiger charge is 2.19. The van der Waals surface area contributed by atoms with Crippen molar-refractivity contribution in [1.82, 2.24) is 5.32 Å². The van der Waals surface area contributed by atoms with Gasteiger partial charge in [-0.3, -0.25) is 14.9 Å². The summed E-state index contributed by atoms with van der Waals surface area (Å²) in [7, 11) is 0. The number of hydrogen-bond acceptors (Lipinski definition) is 4. The molecule has 5 nitrogen and oxygen atoms in total. The molecule has 0 rings (SSSR count). The number of nitrogens with one attached hydrogen (secondary N) is 1. The molecule has 0 aromatic carbocycles. The number of amides is 2. The molecule has 0 saturated heterocycles. The minimum Gasteiger partial charge on any atom is -0.395 e. The van der Waals surface area contributed by atoms with Crippen molar-refractivity contribution in [1.29, 1.82) is 0 Å². The maximum atomic E-state index is 11.3. The van der Waals surface area contributed by atoms with Crippen LogP contribution in [0.5, 0.6) is 0 Å². The van der Waals surface area contributed by atoms with Crippen LogP contribution < -0.4 is 5.32 Å². The highest BCUT2D eigenvalue weighted by atomic mass is 127. The van der Waals surface area contributed by atoms with Gasteiger partial charge in [-0.2, -0.15) is 0 Å². The molecule has 2 atom stereocenters. The van der Waals surface area contributed by atoms with E-state index >= 15 is 0 Å². The van der Waals surface area contributed by atoms with E-state index in [1.165, 1.54) is 22.6 Å². The molecule has 0 bridgehead atoms. The van der Waals surface area contributed by atoms with Gasteiger partial charge in [-0.25, -0.2) is 0 Å². The number of carbonyl (C=O) groups is 2. The first-order chi connectivity index (χ1) is 7.01. The first-order valence-corrected chi connectivity index (χ1v) is 5.81. The van der Waals surface area contributed by atoms with Crippen LogP contribution in [-0.2, 0) is 9.53 Å². The summed E-state index contributed by atoms with van der Waals surface area (Å²) in [5, 5.41) is 11.0. The van der Waals surface area contributed by atoms with Crippen LogP contribution in [0.15, 0.2) is 0 Å². The van der Waals surface area contributed by atoms with Gasteiger partial charge in [0.25, 0.3) is 3.91 Å². The Morgan fingerprint density at radius 1 is 1.53 bits per heavy atom. The summed E-state index contributed by atoms with van der Waals surface area (Å²) < 4.78 is 4.85. The number of hydrogen-bond donors (Lipinski definition) is 2. The van der Waals surface area contributed by atoms with Crippen molar-refractivity contribution in [3.63, 3.8) is 0 Å². The number of ether oxygens (including phenoxy) is 1. The minimum absolute atomic E-state index is 0.0437. The number of aliphatic hydroxyl groups is 1. The molecule has 0 aromatic heterocycles. The van der Waals surface area contributed by atoms with Gasteiger partial charge < -0.3 is 9.84 Å². The lowest BCUT2D eigenvalue weighted by molar-refractivity contribution is -0.127. The van der Waals surface area contributed by atoms with Crippen molar-refractivity contribution in [2.75, 3.05) is 13.2 Å². The summed E-state index contributed by atoms with van der Waals surface area (Å²) in [5.41, 5.74) is 0. The van der Waals surface area contributed by atoms with Crippen molar-refractivity contribution in [2.24, 2.45) is 5.92 Å². The van der Waals surface area contributed by atoms with Gasteiger partial charge in [-0.1, -0.05) is 6.92 Å². The molecule has 0 aromatic rings. The van der Waals surface area contributed by atoms with Crippen LogP contribution in [0.25, 0.3) is 0 Å². The van der Waals surface area contributed by atoms with E-state index in [-0.39, 0.29) is 19.3 Å². The van der Waals surface area contributed by atoms with Crippen molar-refractivity contribution in [3.05, 3.63) is 0 Å². The fourth-order valence-electron chi connectivity index (χ4n) is 0.808. The first-order valence-electron chi connectivity index (χ1n) is 4.74. The van der Waals surface area contributed by atoms with E-state index < -0.39 is 15.7 Å². The monoisotopic (exact) mass is 329 g/mol.